The first-order valence-electron chi connectivity index (χ1n) is 9.68. The Kier molecular flexibility index (Phi) is 13.2. The Balaban J connectivity index is 5.00. The number of carbonyl (C=O) groups is 6. The van der Waals surface area contributed by atoms with Crippen molar-refractivity contribution in [2.75, 3.05) is 13.1 Å². The van der Waals surface area contributed by atoms with E-state index in [4.69, 9.17) is 32.5 Å². The molecule has 186 valence electrons. The third-order valence-electron chi connectivity index (χ3n) is 4.01. The summed E-state index contributed by atoms with van der Waals surface area (Å²) in [6, 6.07) is -4.12. The van der Waals surface area contributed by atoms with Gasteiger partial charge in [0.1, 0.15) is 12.1 Å². The third-order valence-corrected chi connectivity index (χ3v) is 4.01. The summed E-state index contributed by atoms with van der Waals surface area (Å²) in [5.41, 5.74) is 15.9. The SMILES string of the molecule is NC(N)=NCCCC(NC(=O)C(N)CC(=O)O)C(=O)NCC(=O)NC(CCC(=O)O)C(=O)O. The summed E-state index contributed by atoms with van der Waals surface area (Å²) in [5, 5.41) is 33.0. The van der Waals surface area contributed by atoms with Gasteiger partial charge in [-0.1, -0.05) is 0 Å². The summed E-state index contributed by atoms with van der Waals surface area (Å²) in [5.74, 6) is -6.85. The predicted molar refractivity (Wildman–Crippen MR) is 112 cm³/mol. The first kappa shape index (κ1) is 29.0. The lowest BCUT2D eigenvalue weighted by Gasteiger charge is -2.20. The molecular weight excluding hydrogens is 446 g/mol. The second-order valence-electron chi connectivity index (χ2n) is 6.82. The van der Waals surface area contributed by atoms with Crippen molar-refractivity contribution >= 4 is 41.6 Å². The lowest BCUT2D eigenvalue weighted by Crippen LogP contribution is -2.53. The average Bonchev–Trinajstić information content (AvgIpc) is 2.70. The van der Waals surface area contributed by atoms with E-state index in [9.17, 15) is 28.8 Å². The van der Waals surface area contributed by atoms with Gasteiger partial charge in [0.05, 0.1) is 19.0 Å². The predicted octanol–water partition coefficient (Wildman–Crippen LogP) is -4.12. The van der Waals surface area contributed by atoms with E-state index in [-0.39, 0.29) is 31.8 Å². The van der Waals surface area contributed by atoms with Crippen molar-refractivity contribution < 1.29 is 44.1 Å². The molecule has 0 radical (unpaired) electrons. The van der Waals surface area contributed by atoms with Crippen molar-refractivity contribution in [3.8, 4) is 0 Å². The second kappa shape index (κ2) is 15.0. The van der Waals surface area contributed by atoms with Gasteiger partial charge in [-0.05, 0) is 19.3 Å². The Bertz CT molecular complexity index is 768. The fourth-order valence-corrected chi connectivity index (χ4v) is 2.39. The van der Waals surface area contributed by atoms with Gasteiger partial charge in [0.15, 0.2) is 5.96 Å². The lowest BCUT2D eigenvalue weighted by atomic mass is 10.1. The minimum atomic E-state index is -1.48. The number of hydrogen-bond donors (Lipinski definition) is 9. The number of aliphatic imine (C=N–C) groups is 1. The topological polar surface area (TPSA) is 290 Å². The maximum atomic E-state index is 12.4. The highest BCUT2D eigenvalue weighted by atomic mass is 16.4. The Morgan fingerprint density at radius 2 is 1.48 bits per heavy atom. The highest BCUT2D eigenvalue weighted by Crippen LogP contribution is 2.01. The molecule has 0 fully saturated rings. The van der Waals surface area contributed by atoms with Crippen LogP contribution in [0.15, 0.2) is 4.99 Å². The smallest absolute Gasteiger partial charge is 0.326 e. The molecule has 0 heterocycles. The molecule has 33 heavy (non-hydrogen) atoms. The monoisotopic (exact) mass is 475 g/mol. The summed E-state index contributed by atoms with van der Waals surface area (Å²) in [4.78, 5) is 72.6. The molecule has 3 unspecified atom stereocenters. The number of carboxylic acids is 3. The van der Waals surface area contributed by atoms with Crippen LogP contribution in [0.3, 0.4) is 0 Å². The van der Waals surface area contributed by atoms with Gasteiger partial charge in [0.25, 0.3) is 0 Å². The fourth-order valence-electron chi connectivity index (χ4n) is 2.39. The Labute approximate surface area is 187 Å². The number of rotatable bonds is 16. The minimum Gasteiger partial charge on any atom is -0.481 e. The summed E-state index contributed by atoms with van der Waals surface area (Å²) >= 11 is 0. The molecule has 0 aromatic heterocycles. The van der Waals surface area contributed by atoms with E-state index in [1.807, 2.05) is 0 Å². The van der Waals surface area contributed by atoms with Gasteiger partial charge in [0.2, 0.25) is 17.7 Å². The van der Waals surface area contributed by atoms with Crippen LogP contribution in [-0.2, 0) is 28.8 Å². The minimum absolute atomic E-state index is 0.00608. The maximum absolute atomic E-state index is 12.4. The van der Waals surface area contributed by atoms with Gasteiger partial charge >= 0.3 is 17.9 Å². The number of aliphatic carboxylic acids is 3. The molecular formula is C17H29N7O9. The molecule has 0 bridgehead atoms. The number of nitrogens with two attached hydrogens (primary N) is 3. The number of nitrogens with one attached hydrogen (secondary N) is 3. The highest BCUT2D eigenvalue weighted by Gasteiger charge is 2.26. The molecule has 0 saturated heterocycles. The Morgan fingerprint density at radius 3 is 2.00 bits per heavy atom. The molecule has 0 rings (SSSR count). The van der Waals surface area contributed by atoms with Crippen LogP contribution in [0.2, 0.25) is 0 Å². The first-order chi connectivity index (χ1) is 15.3. The number of carboxylic acid groups (broad SMARTS) is 3. The Hall–Kier alpha value is -3.95. The van der Waals surface area contributed by atoms with E-state index >= 15 is 0 Å². The number of carbonyl (C=O) groups excluding carboxylic acids is 3. The van der Waals surface area contributed by atoms with Gasteiger partial charge in [-0.2, -0.15) is 0 Å². The van der Waals surface area contributed by atoms with Gasteiger partial charge in [-0.15, -0.1) is 0 Å². The van der Waals surface area contributed by atoms with Crippen molar-refractivity contribution in [1.29, 1.82) is 0 Å². The molecule has 3 atom stereocenters. The van der Waals surface area contributed by atoms with E-state index in [0.717, 1.165) is 0 Å². The molecule has 0 spiro atoms. The van der Waals surface area contributed by atoms with Crippen LogP contribution >= 0.6 is 0 Å². The number of hydrogen-bond acceptors (Lipinski definition) is 8. The van der Waals surface area contributed by atoms with E-state index in [1.54, 1.807) is 0 Å². The second-order valence-corrected chi connectivity index (χ2v) is 6.82. The molecule has 16 heteroatoms. The van der Waals surface area contributed by atoms with Gasteiger partial charge in [-0.3, -0.25) is 29.0 Å². The highest BCUT2D eigenvalue weighted by molar-refractivity contribution is 5.93. The van der Waals surface area contributed by atoms with Crippen molar-refractivity contribution in [3.05, 3.63) is 0 Å². The third kappa shape index (κ3) is 13.9. The van der Waals surface area contributed by atoms with Gasteiger partial charge in [0, 0.05) is 13.0 Å². The average molecular weight is 475 g/mol. The van der Waals surface area contributed by atoms with Crippen LogP contribution in [0.25, 0.3) is 0 Å². The summed E-state index contributed by atoms with van der Waals surface area (Å²) in [7, 11) is 0. The number of guanidine groups is 1. The van der Waals surface area contributed by atoms with Crippen LogP contribution in [0, 0.1) is 0 Å². The van der Waals surface area contributed by atoms with E-state index < -0.39 is 73.1 Å². The van der Waals surface area contributed by atoms with E-state index in [0.29, 0.717) is 0 Å². The Morgan fingerprint density at radius 1 is 0.848 bits per heavy atom. The molecule has 12 N–H and O–H groups in total. The number of amides is 3. The largest absolute Gasteiger partial charge is 0.481 e. The van der Waals surface area contributed by atoms with Crippen molar-refractivity contribution in [1.82, 2.24) is 16.0 Å². The molecule has 3 amide bonds. The molecule has 0 saturated carbocycles. The molecule has 0 aromatic rings. The zero-order valence-electron chi connectivity index (χ0n) is 17.7. The molecule has 0 aliphatic carbocycles. The normalized spacial score (nSPS) is 13.0. The zero-order valence-corrected chi connectivity index (χ0v) is 17.7. The summed E-state index contributed by atoms with van der Waals surface area (Å²) in [6.45, 7) is -0.551. The maximum Gasteiger partial charge on any atom is 0.326 e. The molecule has 0 aliphatic rings. The van der Waals surface area contributed by atoms with Crippen LogP contribution in [0.1, 0.15) is 32.1 Å². The molecule has 0 aliphatic heterocycles. The van der Waals surface area contributed by atoms with Crippen molar-refractivity contribution in [3.63, 3.8) is 0 Å². The van der Waals surface area contributed by atoms with Crippen LogP contribution in [0.5, 0.6) is 0 Å². The van der Waals surface area contributed by atoms with Gasteiger partial charge in [-0.25, -0.2) is 4.79 Å². The summed E-state index contributed by atoms with van der Waals surface area (Å²) in [6.07, 6.45) is -1.30. The first-order valence-corrected chi connectivity index (χ1v) is 9.68. The van der Waals surface area contributed by atoms with Crippen LogP contribution < -0.4 is 33.2 Å². The van der Waals surface area contributed by atoms with Gasteiger partial charge < -0.3 is 48.5 Å². The zero-order chi connectivity index (χ0) is 25.6. The van der Waals surface area contributed by atoms with E-state index in [1.165, 1.54) is 0 Å². The quantitative estimate of drug-likeness (QED) is 0.0584. The van der Waals surface area contributed by atoms with Crippen LogP contribution in [0.4, 0.5) is 0 Å². The fraction of sp³-hybridized carbons (Fsp3) is 0.588. The molecule has 0 aromatic carbocycles. The van der Waals surface area contributed by atoms with Crippen LogP contribution in [-0.4, -0.2) is 88.1 Å². The summed E-state index contributed by atoms with van der Waals surface area (Å²) < 4.78 is 0. The van der Waals surface area contributed by atoms with Crippen molar-refractivity contribution in [2.24, 2.45) is 22.2 Å². The van der Waals surface area contributed by atoms with E-state index in [2.05, 4.69) is 20.9 Å². The standard InChI is InChI=1S/C17H29N7O9/c18-8(6-13(28)29)14(30)24-9(2-1-5-21-17(19)20)15(31)22-7-11(25)23-10(16(32)33)3-4-12(26)27/h8-10H,1-7,18H2,(H,22,31)(H,23,25)(H,24,30)(H,26,27)(H,28,29)(H,32,33)(H4,19,20,21). The number of nitrogens with zero attached hydrogens (tertiary/aromatic N) is 1. The molecule has 16 nitrogen and oxygen atoms in total. The van der Waals surface area contributed by atoms with Crippen molar-refractivity contribution in [2.45, 2.75) is 50.2 Å². The lowest BCUT2D eigenvalue weighted by molar-refractivity contribution is -0.143.